The molecule has 0 radical (unpaired) electrons. The quantitative estimate of drug-likeness (QED) is 0.704. The average Bonchev–Trinajstić information content (AvgIpc) is 3.40. The van der Waals surface area contributed by atoms with E-state index in [4.69, 9.17) is 0 Å². The van der Waals surface area contributed by atoms with Crippen molar-refractivity contribution < 1.29 is 19.5 Å². The molecule has 4 atom stereocenters. The first-order valence-electron chi connectivity index (χ1n) is 9.23. The second-order valence-electron chi connectivity index (χ2n) is 7.80. The van der Waals surface area contributed by atoms with Gasteiger partial charge in [0.15, 0.2) is 11.6 Å². The number of amides is 3. The minimum Gasteiger partial charge on any atom is -0.388 e. The lowest BCUT2D eigenvalue weighted by atomic mass is 9.81. The second-order valence-corrected chi connectivity index (χ2v) is 7.80. The third-order valence-electron chi connectivity index (χ3n) is 6.64. The summed E-state index contributed by atoms with van der Waals surface area (Å²) in [7, 11) is 0. The minimum atomic E-state index is -0.237. The van der Waals surface area contributed by atoms with Crippen LogP contribution in [0.2, 0.25) is 0 Å². The minimum absolute atomic E-state index is 0.150. The highest BCUT2D eigenvalue weighted by Gasteiger charge is 2.61. The maximum atomic E-state index is 12.7. The number of fused-ring (bicyclic) bond motifs is 6. The molecule has 3 heterocycles. The molecule has 4 aliphatic rings. The molecule has 26 heavy (non-hydrogen) atoms. The molecule has 2 aliphatic heterocycles. The van der Waals surface area contributed by atoms with Gasteiger partial charge in [-0.3, -0.25) is 19.3 Å². The van der Waals surface area contributed by atoms with Crippen molar-refractivity contribution in [1.29, 1.82) is 0 Å². The SMILES string of the molecule is O=C(CN1C(=O)[C@H]2[C@H]3CC[C@@H](C3)[C@@H]2C1=O)N1CCn2c(CO)nnc2C1. The third kappa shape index (κ3) is 2.09. The molecule has 138 valence electrons. The van der Waals surface area contributed by atoms with E-state index in [1.165, 1.54) is 4.90 Å². The Hall–Kier alpha value is -2.29. The van der Waals surface area contributed by atoms with Crippen LogP contribution in [0.4, 0.5) is 0 Å². The summed E-state index contributed by atoms with van der Waals surface area (Å²) >= 11 is 0. The fourth-order valence-corrected chi connectivity index (χ4v) is 5.41. The molecule has 3 amide bonds. The summed E-state index contributed by atoms with van der Waals surface area (Å²) in [5, 5.41) is 17.2. The number of hydrogen-bond donors (Lipinski definition) is 1. The summed E-state index contributed by atoms with van der Waals surface area (Å²) < 4.78 is 1.80. The summed E-state index contributed by atoms with van der Waals surface area (Å²) in [6, 6.07) is 0. The smallest absolute Gasteiger partial charge is 0.243 e. The van der Waals surface area contributed by atoms with Crippen LogP contribution in [-0.4, -0.2) is 60.5 Å². The van der Waals surface area contributed by atoms with Gasteiger partial charge < -0.3 is 14.6 Å². The normalized spacial score (nSPS) is 32.3. The molecule has 9 heteroatoms. The fraction of sp³-hybridized carbons (Fsp3) is 0.706. The first-order chi connectivity index (χ1) is 12.6. The number of rotatable bonds is 3. The van der Waals surface area contributed by atoms with Gasteiger partial charge in [-0.15, -0.1) is 10.2 Å². The highest BCUT2D eigenvalue weighted by atomic mass is 16.3. The molecule has 1 N–H and O–H groups in total. The predicted molar refractivity (Wildman–Crippen MR) is 85.9 cm³/mol. The molecule has 0 spiro atoms. The van der Waals surface area contributed by atoms with Gasteiger partial charge in [0.25, 0.3) is 0 Å². The molecule has 2 saturated carbocycles. The van der Waals surface area contributed by atoms with Crippen molar-refractivity contribution in [3.8, 4) is 0 Å². The number of carbonyl (C=O) groups excluding carboxylic acids is 3. The highest BCUT2D eigenvalue weighted by Crippen LogP contribution is 2.56. The van der Waals surface area contributed by atoms with Gasteiger partial charge in [-0.1, -0.05) is 0 Å². The molecule has 2 bridgehead atoms. The van der Waals surface area contributed by atoms with Crippen molar-refractivity contribution in [3.05, 3.63) is 11.6 Å². The van der Waals surface area contributed by atoms with E-state index < -0.39 is 0 Å². The van der Waals surface area contributed by atoms with Gasteiger partial charge in [-0.25, -0.2) is 0 Å². The van der Waals surface area contributed by atoms with Gasteiger partial charge in [0.2, 0.25) is 17.7 Å². The zero-order chi connectivity index (χ0) is 18.0. The third-order valence-corrected chi connectivity index (χ3v) is 6.64. The molecular weight excluding hydrogens is 338 g/mol. The van der Waals surface area contributed by atoms with E-state index in [2.05, 4.69) is 10.2 Å². The second kappa shape index (κ2) is 5.60. The number of aliphatic hydroxyl groups is 1. The molecule has 1 saturated heterocycles. The standard InChI is InChI=1S/C17H21N5O4/c23-8-12-19-18-11-6-20(3-4-21(11)12)13(24)7-22-16(25)14-9-1-2-10(5-9)15(14)17(22)26/h9-10,14-15,23H,1-8H2/t9-,10-,14-,15-/m0/s1. The van der Waals surface area contributed by atoms with Crippen LogP contribution < -0.4 is 0 Å². The van der Waals surface area contributed by atoms with Gasteiger partial charge >= 0.3 is 0 Å². The average molecular weight is 359 g/mol. The maximum absolute atomic E-state index is 12.7. The summed E-state index contributed by atoms with van der Waals surface area (Å²) in [6.07, 6.45) is 3.05. The lowest BCUT2D eigenvalue weighted by Gasteiger charge is -2.29. The van der Waals surface area contributed by atoms with Gasteiger partial charge in [0, 0.05) is 13.1 Å². The molecule has 5 rings (SSSR count). The predicted octanol–water partition coefficient (Wildman–Crippen LogP) is -0.856. The van der Waals surface area contributed by atoms with Crippen LogP contribution in [0.5, 0.6) is 0 Å². The first kappa shape index (κ1) is 15.9. The van der Waals surface area contributed by atoms with Gasteiger partial charge in [-0.2, -0.15) is 0 Å². The summed E-state index contributed by atoms with van der Waals surface area (Å²) in [5.74, 6) is 0.837. The summed E-state index contributed by atoms with van der Waals surface area (Å²) in [5.41, 5.74) is 0. The van der Waals surface area contributed by atoms with Crippen molar-refractivity contribution in [2.75, 3.05) is 13.1 Å². The Labute approximate surface area is 150 Å². The Morgan fingerprint density at radius 2 is 1.77 bits per heavy atom. The van der Waals surface area contributed by atoms with Crippen LogP contribution >= 0.6 is 0 Å². The van der Waals surface area contributed by atoms with Crippen LogP contribution in [0.1, 0.15) is 30.9 Å². The van der Waals surface area contributed by atoms with Crippen LogP contribution in [-0.2, 0) is 34.1 Å². The van der Waals surface area contributed by atoms with E-state index in [1.54, 1.807) is 9.47 Å². The molecule has 2 aliphatic carbocycles. The van der Waals surface area contributed by atoms with E-state index in [-0.39, 0.29) is 49.3 Å². The Bertz CT molecular complexity index is 777. The number of hydrogen-bond acceptors (Lipinski definition) is 6. The van der Waals surface area contributed by atoms with Crippen molar-refractivity contribution in [2.45, 2.75) is 39.0 Å². The number of imide groups is 1. The van der Waals surface area contributed by atoms with E-state index in [9.17, 15) is 19.5 Å². The monoisotopic (exact) mass is 359 g/mol. The van der Waals surface area contributed by atoms with Crippen LogP contribution in [0, 0.1) is 23.7 Å². The molecule has 9 nitrogen and oxygen atoms in total. The van der Waals surface area contributed by atoms with E-state index in [0.29, 0.717) is 36.6 Å². The first-order valence-corrected chi connectivity index (χ1v) is 9.23. The number of carbonyl (C=O) groups is 3. The topological polar surface area (TPSA) is 109 Å². The van der Waals surface area contributed by atoms with Gasteiger partial charge in [0.05, 0.1) is 18.4 Å². The Balaban J connectivity index is 1.29. The molecule has 1 aromatic heterocycles. The highest BCUT2D eigenvalue weighted by molar-refractivity contribution is 6.08. The molecule has 3 fully saturated rings. The zero-order valence-electron chi connectivity index (χ0n) is 14.4. The lowest BCUT2D eigenvalue weighted by Crippen LogP contribution is -2.46. The molecule has 0 unspecified atom stereocenters. The lowest BCUT2D eigenvalue weighted by molar-refractivity contribution is -0.147. The van der Waals surface area contributed by atoms with E-state index in [1.807, 2.05) is 0 Å². The Kier molecular flexibility index (Phi) is 3.43. The fourth-order valence-electron chi connectivity index (χ4n) is 5.41. The van der Waals surface area contributed by atoms with E-state index >= 15 is 0 Å². The van der Waals surface area contributed by atoms with Crippen molar-refractivity contribution in [3.63, 3.8) is 0 Å². The van der Waals surface area contributed by atoms with E-state index in [0.717, 1.165) is 19.3 Å². The largest absolute Gasteiger partial charge is 0.388 e. The number of aliphatic hydroxyl groups excluding tert-OH is 1. The number of nitrogens with zero attached hydrogens (tertiary/aromatic N) is 5. The number of likely N-dealkylation sites (tertiary alicyclic amines) is 1. The maximum Gasteiger partial charge on any atom is 0.243 e. The Morgan fingerprint density at radius 3 is 2.42 bits per heavy atom. The van der Waals surface area contributed by atoms with Crippen molar-refractivity contribution in [2.24, 2.45) is 23.7 Å². The summed E-state index contributed by atoms with van der Waals surface area (Å²) in [6.45, 7) is 0.862. The number of aromatic nitrogens is 3. The van der Waals surface area contributed by atoms with Gasteiger partial charge in [0.1, 0.15) is 13.2 Å². The molecule has 1 aromatic rings. The molecular formula is C17H21N5O4. The van der Waals surface area contributed by atoms with Crippen LogP contribution in [0.15, 0.2) is 0 Å². The van der Waals surface area contributed by atoms with Crippen LogP contribution in [0.25, 0.3) is 0 Å². The van der Waals surface area contributed by atoms with Gasteiger partial charge in [-0.05, 0) is 31.1 Å². The zero-order valence-corrected chi connectivity index (χ0v) is 14.4. The summed E-state index contributed by atoms with van der Waals surface area (Å²) in [4.78, 5) is 41.0. The Morgan fingerprint density at radius 1 is 1.08 bits per heavy atom. The van der Waals surface area contributed by atoms with Crippen LogP contribution in [0.3, 0.4) is 0 Å². The van der Waals surface area contributed by atoms with Crippen molar-refractivity contribution in [1.82, 2.24) is 24.6 Å². The van der Waals surface area contributed by atoms with Crippen molar-refractivity contribution >= 4 is 17.7 Å². The molecule has 0 aromatic carbocycles.